The van der Waals surface area contributed by atoms with Crippen molar-refractivity contribution in [2.45, 2.75) is 6.17 Å². The zero-order chi connectivity index (χ0) is 16.5. The maximum absolute atomic E-state index is 13.1. The van der Waals surface area contributed by atoms with Crippen LogP contribution in [0.1, 0.15) is 22.3 Å². The zero-order valence-corrected chi connectivity index (χ0v) is 13.1. The van der Waals surface area contributed by atoms with Crippen molar-refractivity contribution in [1.29, 1.82) is 0 Å². The summed E-state index contributed by atoms with van der Waals surface area (Å²) >= 11 is 0. The SMILES string of the molecule is COc1cccc(N2C(=O)c3ccccc3N[C@H]2c2ncc[nH]2)c1. The van der Waals surface area contributed by atoms with Crippen LogP contribution < -0.4 is 15.0 Å². The van der Waals surface area contributed by atoms with E-state index in [2.05, 4.69) is 15.3 Å². The molecule has 0 bridgehead atoms. The number of aromatic amines is 1. The average molecular weight is 320 g/mol. The third kappa shape index (κ3) is 2.28. The van der Waals surface area contributed by atoms with Crippen molar-refractivity contribution < 1.29 is 9.53 Å². The monoisotopic (exact) mass is 320 g/mol. The van der Waals surface area contributed by atoms with Crippen LogP contribution in [-0.4, -0.2) is 23.0 Å². The van der Waals surface area contributed by atoms with Gasteiger partial charge in [0.1, 0.15) is 11.6 Å². The number of carbonyl (C=O) groups is 1. The van der Waals surface area contributed by atoms with Gasteiger partial charge in [-0.2, -0.15) is 0 Å². The number of rotatable bonds is 3. The number of aromatic nitrogens is 2. The molecule has 3 aromatic rings. The molecule has 2 N–H and O–H groups in total. The van der Waals surface area contributed by atoms with Crippen LogP contribution in [-0.2, 0) is 0 Å². The lowest BCUT2D eigenvalue weighted by molar-refractivity contribution is 0.0974. The van der Waals surface area contributed by atoms with Crippen molar-refractivity contribution in [2.75, 3.05) is 17.3 Å². The zero-order valence-electron chi connectivity index (χ0n) is 13.1. The summed E-state index contributed by atoms with van der Waals surface area (Å²) in [7, 11) is 1.61. The average Bonchev–Trinajstić information content (AvgIpc) is 3.16. The van der Waals surface area contributed by atoms with Crippen LogP contribution in [0.4, 0.5) is 11.4 Å². The summed E-state index contributed by atoms with van der Waals surface area (Å²) in [5, 5.41) is 3.39. The minimum Gasteiger partial charge on any atom is -0.497 e. The number of amides is 1. The van der Waals surface area contributed by atoms with E-state index in [1.54, 1.807) is 24.4 Å². The molecule has 120 valence electrons. The highest BCUT2D eigenvalue weighted by atomic mass is 16.5. The Bertz CT molecular complexity index is 876. The first-order valence-corrected chi connectivity index (χ1v) is 7.60. The highest BCUT2D eigenvalue weighted by Crippen LogP contribution is 2.36. The molecular weight excluding hydrogens is 304 g/mol. The number of hydrogen-bond acceptors (Lipinski definition) is 4. The number of nitrogens with zero attached hydrogens (tertiary/aromatic N) is 2. The Labute approximate surface area is 139 Å². The van der Waals surface area contributed by atoms with Gasteiger partial charge in [-0.05, 0) is 24.3 Å². The van der Waals surface area contributed by atoms with Crippen LogP contribution in [0.15, 0.2) is 60.9 Å². The molecule has 0 spiro atoms. The van der Waals surface area contributed by atoms with Crippen LogP contribution in [0.5, 0.6) is 5.75 Å². The molecule has 0 saturated heterocycles. The van der Waals surface area contributed by atoms with E-state index >= 15 is 0 Å². The smallest absolute Gasteiger partial charge is 0.262 e. The lowest BCUT2D eigenvalue weighted by Gasteiger charge is -2.36. The van der Waals surface area contributed by atoms with E-state index in [1.165, 1.54) is 0 Å². The van der Waals surface area contributed by atoms with Gasteiger partial charge < -0.3 is 15.0 Å². The normalized spacial score (nSPS) is 16.5. The number of ether oxygens (including phenoxy) is 1. The predicted octanol–water partition coefficient (Wildman–Crippen LogP) is 3.19. The quantitative estimate of drug-likeness (QED) is 0.777. The van der Waals surface area contributed by atoms with Crippen molar-refractivity contribution in [1.82, 2.24) is 9.97 Å². The number of H-pyrrole nitrogens is 1. The van der Waals surface area contributed by atoms with Crippen molar-refractivity contribution in [3.63, 3.8) is 0 Å². The maximum atomic E-state index is 13.1. The molecule has 0 aliphatic carbocycles. The summed E-state index contributed by atoms with van der Waals surface area (Å²) in [5.41, 5.74) is 2.16. The standard InChI is InChI=1S/C18H16N4O2/c1-24-13-6-4-5-12(11-13)22-17(16-19-9-10-20-16)21-15-8-3-2-7-14(15)18(22)23/h2-11,17,21H,1H3,(H,19,20)/t17-/m1/s1. The molecule has 4 rings (SSSR count). The fourth-order valence-electron chi connectivity index (χ4n) is 2.90. The van der Waals surface area contributed by atoms with Crippen molar-refractivity contribution >= 4 is 17.3 Å². The van der Waals surface area contributed by atoms with Gasteiger partial charge in [-0.1, -0.05) is 18.2 Å². The summed E-state index contributed by atoms with van der Waals surface area (Å²) in [6, 6.07) is 14.9. The Balaban J connectivity index is 1.85. The molecular formula is C18H16N4O2. The fourth-order valence-corrected chi connectivity index (χ4v) is 2.90. The van der Waals surface area contributed by atoms with Crippen LogP contribution in [0.25, 0.3) is 0 Å². The van der Waals surface area contributed by atoms with Gasteiger partial charge in [0.2, 0.25) is 0 Å². The molecule has 0 unspecified atom stereocenters. The van der Waals surface area contributed by atoms with Crippen LogP contribution in [0.2, 0.25) is 0 Å². The molecule has 0 radical (unpaired) electrons. The summed E-state index contributed by atoms with van der Waals surface area (Å²) in [5.74, 6) is 1.28. The molecule has 2 heterocycles. The molecule has 1 atom stereocenters. The van der Waals surface area contributed by atoms with E-state index in [4.69, 9.17) is 4.74 Å². The minimum atomic E-state index is -0.422. The first-order chi connectivity index (χ1) is 11.8. The second kappa shape index (κ2) is 5.73. The molecule has 6 nitrogen and oxygen atoms in total. The molecule has 6 heteroatoms. The predicted molar refractivity (Wildman–Crippen MR) is 91.2 cm³/mol. The van der Waals surface area contributed by atoms with Gasteiger partial charge in [0, 0.05) is 24.1 Å². The molecule has 1 amide bonds. The first kappa shape index (κ1) is 14.3. The maximum Gasteiger partial charge on any atom is 0.262 e. The first-order valence-electron chi connectivity index (χ1n) is 7.60. The number of methoxy groups -OCH3 is 1. The third-order valence-electron chi connectivity index (χ3n) is 4.04. The number of para-hydroxylation sites is 1. The van der Waals surface area contributed by atoms with E-state index < -0.39 is 6.17 Å². The number of nitrogens with one attached hydrogen (secondary N) is 2. The summed E-state index contributed by atoms with van der Waals surface area (Å²) in [4.78, 5) is 22.2. The highest BCUT2D eigenvalue weighted by molar-refractivity contribution is 6.12. The lowest BCUT2D eigenvalue weighted by atomic mass is 10.1. The number of hydrogen-bond donors (Lipinski definition) is 2. The van der Waals surface area contributed by atoms with Crippen LogP contribution >= 0.6 is 0 Å². The van der Waals surface area contributed by atoms with Crippen molar-refractivity contribution in [3.8, 4) is 5.75 Å². The number of carbonyl (C=O) groups excluding carboxylic acids is 1. The molecule has 1 aliphatic heterocycles. The van der Waals surface area contributed by atoms with Crippen molar-refractivity contribution in [3.05, 3.63) is 72.3 Å². The Morgan fingerprint density at radius 1 is 1.17 bits per heavy atom. The molecule has 0 fully saturated rings. The second-order valence-electron chi connectivity index (χ2n) is 5.44. The number of benzene rings is 2. The van der Waals surface area contributed by atoms with E-state index in [0.717, 1.165) is 11.4 Å². The van der Waals surface area contributed by atoms with Crippen molar-refractivity contribution in [2.24, 2.45) is 0 Å². The number of fused-ring (bicyclic) bond motifs is 1. The molecule has 1 aliphatic rings. The summed E-state index contributed by atoms with van der Waals surface area (Å²) in [6.07, 6.45) is 2.99. The van der Waals surface area contributed by atoms with Gasteiger partial charge in [-0.15, -0.1) is 0 Å². The van der Waals surface area contributed by atoms with Gasteiger partial charge in [0.25, 0.3) is 5.91 Å². The van der Waals surface area contributed by atoms with E-state index in [1.807, 2.05) is 48.5 Å². The third-order valence-corrected chi connectivity index (χ3v) is 4.04. The number of anilines is 2. The topological polar surface area (TPSA) is 70.2 Å². The van der Waals surface area contributed by atoms with Gasteiger partial charge in [0.15, 0.2) is 6.17 Å². The molecule has 24 heavy (non-hydrogen) atoms. The van der Waals surface area contributed by atoms with Crippen LogP contribution in [0.3, 0.4) is 0 Å². The molecule has 1 aromatic heterocycles. The van der Waals surface area contributed by atoms with E-state index in [9.17, 15) is 4.79 Å². The summed E-state index contributed by atoms with van der Waals surface area (Å²) < 4.78 is 5.29. The Morgan fingerprint density at radius 2 is 2.04 bits per heavy atom. The minimum absolute atomic E-state index is 0.0843. The summed E-state index contributed by atoms with van der Waals surface area (Å²) in [6.45, 7) is 0. The molecule has 2 aromatic carbocycles. The van der Waals surface area contributed by atoms with Gasteiger partial charge in [-0.25, -0.2) is 4.98 Å². The van der Waals surface area contributed by atoms with Crippen LogP contribution in [0, 0.1) is 0 Å². The van der Waals surface area contributed by atoms with Gasteiger partial charge >= 0.3 is 0 Å². The van der Waals surface area contributed by atoms with Gasteiger partial charge in [0.05, 0.1) is 18.4 Å². The Hall–Kier alpha value is -3.28. The van der Waals surface area contributed by atoms with E-state index in [-0.39, 0.29) is 5.91 Å². The molecule has 0 saturated carbocycles. The largest absolute Gasteiger partial charge is 0.497 e. The number of imidazole rings is 1. The van der Waals surface area contributed by atoms with Gasteiger partial charge in [-0.3, -0.25) is 9.69 Å². The highest BCUT2D eigenvalue weighted by Gasteiger charge is 2.35. The van der Waals surface area contributed by atoms with E-state index in [0.29, 0.717) is 17.1 Å². The fraction of sp³-hybridized carbons (Fsp3) is 0.111. The Morgan fingerprint density at radius 3 is 2.83 bits per heavy atom. The lowest BCUT2D eigenvalue weighted by Crippen LogP contribution is -2.43. The Kier molecular flexibility index (Phi) is 3.42. The second-order valence-corrected chi connectivity index (χ2v) is 5.44.